The molecule has 1 fully saturated rings. The lowest BCUT2D eigenvalue weighted by Gasteiger charge is -2.33. The van der Waals surface area contributed by atoms with Crippen molar-refractivity contribution in [1.29, 1.82) is 0 Å². The highest BCUT2D eigenvalue weighted by Gasteiger charge is 2.23. The van der Waals surface area contributed by atoms with Crippen molar-refractivity contribution >= 4 is 23.5 Å². The minimum Gasteiger partial charge on any atom is -0.358 e. The van der Waals surface area contributed by atoms with Crippen molar-refractivity contribution in [3.8, 4) is 0 Å². The van der Waals surface area contributed by atoms with Crippen LogP contribution >= 0.6 is 11.6 Å². The second-order valence-electron chi connectivity index (χ2n) is 6.32. The summed E-state index contributed by atoms with van der Waals surface area (Å²) >= 11 is 6.01. The van der Waals surface area contributed by atoms with E-state index in [-0.39, 0.29) is 18.0 Å². The molecule has 3 amide bonds. The number of amides is 3. The summed E-state index contributed by atoms with van der Waals surface area (Å²) in [7, 11) is 1.65. The van der Waals surface area contributed by atoms with E-state index in [4.69, 9.17) is 11.6 Å². The number of nitrogens with zero attached hydrogens (tertiary/aromatic N) is 2. The molecule has 0 atom stereocenters. The topological polar surface area (TPSA) is 64.7 Å². The van der Waals surface area contributed by atoms with Crippen LogP contribution in [0.25, 0.3) is 0 Å². The van der Waals surface area contributed by atoms with Gasteiger partial charge in [0.15, 0.2) is 0 Å². The highest BCUT2D eigenvalue weighted by atomic mass is 35.5. The van der Waals surface area contributed by atoms with Gasteiger partial charge in [-0.25, -0.2) is 4.79 Å². The summed E-state index contributed by atoms with van der Waals surface area (Å²) in [5, 5.41) is 6.44. The monoisotopic (exact) mass is 366 g/mol. The number of urea groups is 1. The molecule has 1 aliphatic rings. The molecule has 7 heteroatoms. The van der Waals surface area contributed by atoms with Gasteiger partial charge in [0.1, 0.15) is 0 Å². The smallest absolute Gasteiger partial charge is 0.317 e. The van der Waals surface area contributed by atoms with E-state index in [0.29, 0.717) is 24.7 Å². The SMILES string of the molecule is CCN(Cc1cccc(Cl)c1)C(=O)NC1CCN(CC(=O)NC)CC1. The first kappa shape index (κ1) is 19.5. The van der Waals surface area contributed by atoms with Crippen LogP contribution in [0.1, 0.15) is 25.3 Å². The molecule has 0 spiro atoms. The summed E-state index contributed by atoms with van der Waals surface area (Å²) in [4.78, 5) is 27.9. The fourth-order valence-electron chi connectivity index (χ4n) is 2.97. The van der Waals surface area contributed by atoms with Gasteiger partial charge in [-0.15, -0.1) is 0 Å². The number of piperidine rings is 1. The summed E-state index contributed by atoms with van der Waals surface area (Å²) in [6, 6.07) is 7.68. The van der Waals surface area contributed by atoms with Gasteiger partial charge in [-0.05, 0) is 37.5 Å². The summed E-state index contributed by atoms with van der Waals surface area (Å²) in [6.07, 6.45) is 1.72. The molecule has 1 heterocycles. The van der Waals surface area contributed by atoms with Gasteiger partial charge >= 0.3 is 6.03 Å². The minimum atomic E-state index is -0.0489. The molecule has 0 saturated carbocycles. The van der Waals surface area contributed by atoms with Crippen LogP contribution in [0.2, 0.25) is 5.02 Å². The molecule has 2 rings (SSSR count). The fourth-order valence-corrected chi connectivity index (χ4v) is 3.18. The molecule has 1 aromatic rings. The van der Waals surface area contributed by atoms with Crippen LogP contribution in [-0.4, -0.2) is 61.0 Å². The Morgan fingerprint density at radius 2 is 2.04 bits per heavy atom. The number of carbonyl (C=O) groups is 2. The van der Waals surface area contributed by atoms with E-state index in [2.05, 4.69) is 15.5 Å². The fraction of sp³-hybridized carbons (Fsp3) is 0.556. The Morgan fingerprint density at radius 1 is 1.32 bits per heavy atom. The average Bonchev–Trinajstić information content (AvgIpc) is 2.61. The number of carbonyl (C=O) groups excluding carboxylic acids is 2. The molecule has 6 nitrogen and oxygen atoms in total. The molecular weight excluding hydrogens is 340 g/mol. The van der Waals surface area contributed by atoms with Crippen molar-refractivity contribution < 1.29 is 9.59 Å². The van der Waals surface area contributed by atoms with Crippen molar-refractivity contribution in [1.82, 2.24) is 20.4 Å². The third-order valence-electron chi connectivity index (χ3n) is 4.49. The van der Waals surface area contributed by atoms with Gasteiger partial charge in [0.05, 0.1) is 6.54 Å². The summed E-state index contributed by atoms with van der Waals surface area (Å²) in [5.74, 6) is 0.0289. The van der Waals surface area contributed by atoms with Crippen molar-refractivity contribution in [3.05, 3.63) is 34.9 Å². The zero-order valence-corrected chi connectivity index (χ0v) is 15.7. The summed E-state index contributed by atoms with van der Waals surface area (Å²) in [6.45, 7) is 5.20. The van der Waals surface area contributed by atoms with E-state index in [0.717, 1.165) is 31.5 Å². The lowest BCUT2D eigenvalue weighted by molar-refractivity contribution is -0.122. The van der Waals surface area contributed by atoms with Crippen LogP contribution in [0.5, 0.6) is 0 Å². The van der Waals surface area contributed by atoms with Crippen LogP contribution in [0.4, 0.5) is 4.79 Å². The van der Waals surface area contributed by atoms with Gasteiger partial charge in [0, 0.05) is 44.3 Å². The second kappa shape index (κ2) is 9.63. The van der Waals surface area contributed by atoms with E-state index in [1.165, 1.54) is 0 Å². The maximum atomic E-state index is 12.5. The van der Waals surface area contributed by atoms with E-state index in [9.17, 15) is 9.59 Å². The van der Waals surface area contributed by atoms with Crippen molar-refractivity contribution in [3.63, 3.8) is 0 Å². The van der Waals surface area contributed by atoms with E-state index < -0.39 is 0 Å². The van der Waals surface area contributed by atoms with Crippen LogP contribution in [0, 0.1) is 0 Å². The van der Waals surface area contributed by atoms with E-state index >= 15 is 0 Å². The number of nitrogens with one attached hydrogen (secondary N) is 2. The van der Waals surface area contributed by atoms with Gasteiger partial charge in [0.2, 0.25) is 5.91 Å². The van der Waals surface area contributed by atoms with Crippen LogP contribution < -0.4 is 10.6 Å². The summed E-state index contributed by atoms with van der Waals surface area (Å²) in [5.41, 5.74) is 1.02. The molecule has 0 bridgehead atoms. The van der Waals surface area contributed by atoms with E-state index in [1.54, 1.807) is 11.9 Å². The zero-order valence-electron chi connectivity index (χ0n) is 14.9. The lowest BCUT2D eigenvalue weighted by Crippen LogP contribution is -2.50. The van der Waals surface area contributed by atoms with Crippen LogP contribution in [0.15, 0.2) is 24.3 Å². The first-order valence-corrected chi connectivity index (χ1v) is 9.12. The van der Waals surface area contributed by atoms with Gasteiger partial charge in [0.25, 0.3) is 0 Å². The Bertz CT molecular complexity index is 588. The largest absolute Gasteiger partial charge is 0.358 e. The number of likely N-dealkylation sites (N-methyl/N-ethyl adjacent to an activating group) is 1. The number of halogens is 1. The van der Waals surface area contributed by atoms with Crippen LogP contribution in [0.3, 0.4) is 0 Å². The molecule has 138 valence electrons. The number of rotatable bonds is 6. The molecule has 0 unspecified atom stereocenters. The molecule has 1 aromatic carbocycles. The molecule has 0 aliphatic carbocycles. The Hall–Kier alpha value is -1.79. The Morgan fingerprint density at radius 3 is 2.64 bits per heavy atom. The molecule has 25 heavy (non-hydrogen) atoms. The standard InChI is InChI=1S/C18H27ClN4O2/c1-3-23(12-14-5-4-6-15(19)11-14)18(25)21-16-7-9-22(10-8-16)13-17(24)20-2/h4-6,11,16H,3,7-10,12-13H2,1-2H3,(H,20,24)(H,21,25). The highest BCUT2D eigenvalue weighted by Crippen LogP contribution is 2.14. The first-order chi connectivity index (χ1) is 12.0. The van der Waals surface area contributed by atoms with Crippen molar-refractivity contribution in [2.75, 3.05) is 33.2 Å². The molecule has 1 saturated heterocycles. The Kier molecular flexibility index (Phi) is 7.52. The second-order valence-corrected chi connectivity index (χ2v) is 6.75. The number of benzene rings is 1. The van der Waals surface area contributed by atoms with Gasteiger partial charge in [-0.3, -0.25) is 9.69 Å². The zero-order chi connectivity index (χ0) is 18.2. The van der Waals surface area contributed by atoms with Crippen molar-refractivity contribution in [2.24, 2.45) is 0 Å². The number of hydrogen-bond acceptors (Lipinski definition) is 3. The average molecular weight is 367 g/mol. The van der Waals surface area contributed by atoms with Gasteiger partial charge < -0.3 is 15.5 Å². The normalized spacial score (nSPS) is 15.6. The molecular formula is C18H27ClN4O2. The maximum Gasteiger partial charge on any atom is 0.317 e. The lowest BCUT2D eigenvalue weighted by atomic mass is 10.1. The van der Waals surface area contributed by atoms with Gasteiger partial charge in [-0.2, -0.15) is 0 Å². The number of likely N-dealkylation sites (tertiary alicyclic amines) is 1. The molecule has 0 aromatic heterocycles. The molecule has 2 N–H and O–H groups in total. The Labute approximate surface area is 154 Å². The minimum absolute atomic E-state index is 0.0289. The van der Waals surface area contributed by atoms with Crippen LogP contribution in [-0.2, 0) is 11.3 Å². The molecule has 0 radical (unpaired) electrons. The van der Waals surface area contributed by atoms with E-state index in [1.807, 2.05) is 31.2 Å². The third kappa shape index (κ3) is 6.21. The predicted molar refractivity (Wildman–Crippen MR) is 99.6 cm³/mol. The van der Waals surface area contributed by atoms with Gasteiger partial charge in [-0.1, -0.05) is 23.7 Å². The summed E-state index contributed by atoms with van der Waals surface area (Å²) < 4.78 is 0. The highest BCUT2D eigenvalue weighted by molar-refractivity contribution is 6.30. The third-order valence-corrected chi connectivity index (χ3v) is 4.73. The number of hydrogen-bond donors (Lipinski definition) is 2. The predicted octanol–water partition coefficient (Wildman–Crippen LogP) is 2.08. The quantitative estimate of drug-likeness (QED) is 0.810. The Balaban J connectivity index is 1.81. The maximum absolute atomic E-state index is 12.5. The first-order valence-electron chi connectivity index (χ1n) is 8.74. The molecule has 1 aliphatic heterocycles. The van der Waals surface area contributed by atoms with Crippen molar-refractivity contribution in [2.45, 2.75) is 32.4 Å².